The number of benzene rings is 1. The standard InChI is InChI=1S/C16H11BCl2F3N6OS2/c1-31(29)13-11(15-24-17(27-25-15)10-3-2-4-30-10)26-28(14(13)23)12-8(18)5-7(6-9(12)19)16(20,21)22/h2-6,27H,23H2,1H3/q-1. The van der Waals surface area contributed by atoms with Crippen LogP contribution in [0.5, 0.6) is 0 Å². The largest absolute Gasteiger partial charge is 0.469 e. The van der Waals surface area contributed by atoms with Crippen LogP contribution in [0.1, 0.15) is 5.56 Å². The van der Waals surface area contributed by atoms with Gasteiger partial charge in [-0.05, 0) is 17.5 Å². The fourth-order valence-electron chi connectivity index (χ4n) is 2.94. The van der Waals surface area contributed by atoms with E-state index >= 15 is 0 Å². The Bertz CT molecular complexity index is 1280. The van der Waals surface area contributed by atoms with Crippen molar-refractivity contribution in [3.8, 4) is 22.0 Å². The molecule has 0 saturated carbocycles. The lowest BCUT2D eigenvalue weighted by Crippen LogP contribution is -2.09. The quantitative estimate of drug-likeness (QED) is 0.428. The summed E-state index contributed by atoms with van der Waals surface area (Å²) in [6, 6.07) is 5.18. The molecule has 1 aromatic carbocycles. The molecule has 0 fully saturated rings. The van der Waals surface area contributed by atoms with Crippen LogP contribution in [-0.2, 0) is 17.0 Å². The summed E-state index contributed by atoms with van der Waals surface area (Å²) in [6.07, 6.45) is -3.25. The van der Waals surface area contributed by atoms with Crippen molar-refractivity contribution in [2.24, 2.45) is 0 Å². The van der Waals surface area contributed by atoms with E-state index in [1.54, 1.807) is 0 Å². The summed E-state index contributed by atoms with van der Waals surface area (Å²) < 4.78 is 53.5. The van der Waals surface area contributed by atoms with E-state index in [-0.39, 0.29) is 38.0 Å². The molecule has 31 heavy (non-hydrogen) atoms. The minimum Gasteiger partial charge on any atom is -0.469 e. The number of aromatic nitrogens is 5. The Hall–Kier alpha value is -2.22. The Kier molecular flexibility index (Phi) is 5.71. The minimum absolute atomic E-state index is 0.0758. The van der Waals surface area contributed by atoms with Crippen LogP contribution in [0.3, 0.4) is 0 Å². The van der Waals surface area contributed by atoms with E-state index in [2.05, 4.69) is 20.1 Å². The molecule has 162 valence electrons. The van der Waals surface area contributed by atoms with Gasteiger partial charge in [-0.25, -0.2) is 9.78 Å². The molecule has 0 spiro atoms. The SMILES string of the molecule is CS(=O)c1c(-c2n[nH][b-](-c3cccs3)n2)nn(-c2c(Cl)cc(C(F)(F)F)cc2Cl)c1N. The zero-order chi connectivity index (χ0) is 22.5. The number of halogens is 5. The molecular formula is C16H11BCl2F3N6OS2-. The number of nitrogens with zero attached hydrogens (tertiary/aromatic N) is 4. The Morgan fingerprint density at radius 2 is 1.97 bits per heavy atom. The van der Waals surface area contributed by atoms with Crippen LogP contribution in [0.4, 0.5) is 19.0 Å². The second-order valence-electron chi connectivity index (χ2n) is 6.33. The Labute approximate surface area is 189 Å². The molecular weight excluding hydrogens is 495 g/mol. The van der Waals surface area contributed by atoms with Gasteiger partial charge in [0, 0.05) is 6.26 Å². The molecule has 15 heteroatoms. The summed E-state index contributed by atoms with van der Waals surface area (Å²) >= 11 is 13.7. The molecule has 0 amide bonds. The molecule has 1 unspecified atom stereocenters. The molecule has 4 rings (SSSR count). The molecule has 0 saturated heterocycles. The monoisotopic (exact) mass is 505 g/mol. The lowest BCUT2D eigenvalue weighted by molar-refractivity contribution is -0.137. The predicted molar refractivity (Wildman–Crippen MR) is 116 cm³/mol. The average Bonchev–Trinajstić information content (AvgIpc) is 3.40. The summed E-state index contributed by atoms with van der Waals surface area (Å²) in [6.45, 7) is -0.447. The highest BCUT2D eigenvalue weighted by Gasteiger charge is 2.33. The molecule has 3 heterocycles. The number of nitrogen functional groups attached to an aromatic ring is 1. The van der Waals surface area contributed by atoms with Crippen LogP contribution in [0, 0.1) is 0 Å². The number of nitrogens with two attached hydrogens (primary N) is 1. The highest BCUT2D eigenvalue weighted by molar-refractivity contribution is 7.84. The van der Waals surface area contributed by atoms with Gasteiger partial charge in [-0.2, -0.15) is 29.6 Å². The topological polar surface area (TPSA) is 102 Å². The highest BCUT2D eigenvalue weighted by Crippen LogP contribution is 2.39. The first kappa shape index (κ1) is 22.0. The van der Waals surface area contributed by atoms with Gasteiger partial charge in [-0.3, -0.25) is 4.21 Å². The van der Waals surface area contributed by atoms with Crippen molar-refractivity contribution in [2.75, 3.05) is 12.0 Å². The van der Waals surface area contributed by atoms with Gasteiger partial charge in [-0.1, -0.05) is 35.3 Å². The summed E-state index contributed by atoms with van der Waals surface area (Å²) in [7, 11) is -1.62. The number of hydrogen-bond acceptors (Lipinski definition) is 6. The van der Waals surface area contributed by atoms with Gasteiger partial charge in [-0.15, -0.1) is 4.78 Å². The maximum Gasteiger partial charge on any atom is 0.416 e. The van der Waals surface area contributed by atoms with E-state index in [1.807, 2.05) is 17.5 Å². The van der Waals surface area contributed by atoms with Crippen molar-refractivity contribution in [2.45, 2.75) is 11.1 Å². The van der Waals surface area contributed by atoms with Gasteiger partial charge in [0.05, 0.1) is 26.4 Å². The Balaban J connectivity index is 1.88. The van der Waals surface area contributed by atoms with Crippen molar-refractivity contribution in [1.82, 2.24) is 24.8 Å². The van der Waals surface area contributed by atoms with E-state index < -0.39 is 29.2 Å². The van der Waals surface area contributed by atoms with E-state index in [0.29, 0.717) is 0 Å². The lowest BCUT2D eigenvalue weighted by atomic mass is 9.89. The Morgan fingerprint density at radius 3 is 2.52 bits per heavy atom. The summed E-state index contributed by atoms with van der Waals surface area (Å²) in [5.41, 5.74) is 5.16. The number of thiophene rings is 1. The highest BCUT2D eigenvalue weighted by atomic mass is 35.5. The number of alkyl halides is 3. The maximum atomic E-state index is 13.1. The molecule has 3 N–H and O–H groups in total. The lowest BCUT2D eigenvalue weighted by Gasteiger charge is -2.13. The van der Waals surface area contributed by atoms with Crippen LogP contribution in [0.2, 0.25) is 10.0 Å². The predicted octanol–water partition coefficient (Wildman–Crippen LogP) is 4.38. The number of H-pyrrole nitrogens is 1. The number of aromatic amines is 1. The van der Waals surface area contributed by atoms with Gasteiger partial charge in [0.2, 0.25) is 0 Å². The van der Waals surface area contributed by atoms with E-state index in [1.165, 1.54) is 17.6 Å². The third kappa shape index (κ3) is 4.02. The molecule has 3 aromatic heterocycles. The third-order valence-electron chi connectivity index (χ3n) is 4.29. The second-order valence-corrected chi connectivity index (χ2v) is 9.44. The molecule has 0 radical (unpaired) electrons. The number of anilines is 1. The fourth-order valence-corrected chi connectivity index (χ4v) is 5.08. The van der Waals surface area contributed by atoms with E-state index in [0.717, 1.165) is 21.6 Å². The normalized spacial score (nSPS) is 13.0. The number of nitrogens with one attached hydrogen (secondary N) is 1. The first-order chi connectivity index (χ1) is 14.6. The molecule has 4 aromatic rings. The molecule has 1 atom stereocenters. The molecule has 0 aliphatic rings. The van der Waals surface area contributed by atoms with Crippen LogP contribution < -0.4 is 5.73 Å². The molecule has 0 aliphatic heterocycles. The molecule has 7 nitrogen and oxygen atoms in total. The van der Waals surface area contributed by atoms with Gasteiger partial charge < -0.3 is 15.6 Å². The molecule has 0 bridgehead atoms. The van der Waals surface area contributed by atoms with Gasteiger partial charge >= 0.3 is 6.18 Å². The van der Waals surface area contributed by atoms with Crippen LogP contribution in [0.25, 0.3) is 22.0 Å². The Morgan fingerprint density at radius 1 is 1.29 bits per heavy atom. The first-order valence-corrected chi connectivity index (χ1v) is 11.6. The van der Waals surface area contributed by atoms with E-state index in [4.69, 9.17) is 28.9 Å². The molecule has 0 aliphatic carbocycles. The first-order valence-electron chi connectivity index (χ1n) is 8.44. The second kappa shape index (κ2) is 8.04. The van der Waals surface area contributed by atoms with Gasteiger partial charge in [0.1, 0.15) is 34.5 Å². The summed E-state index contributed by atoms with van der Waals surface area (Å²) in [4.78, 5) is 4.57. The minimum atomic E-state index is -4.64. The van der Waals surface area contributed by atoms with Gasteiger partial charge in [0.25, 0.3) is 0 Å². The number of rotatable bonds is 4. The van der Waals surface area contributed by atoms with Crippen LogP contribution >= 0.6 is 34.5 Å². The number of hydrogen-bond donors (Lipinski definition) is 2. The average molecular weight is 506 g/mol. The van der Waals surface area contributed by atoms with Crippen molar-refractivity contribution in [3.63, 3.8) is 0 Å². The smallest absolute Gasteiger partial charge is 0.416 e. The van der Waals surface area contributed by atoms with Gasteiger partial charge in [0.15, 0.2) is 0 Å². The summed E-state index contributed by atoms with van der Waals surface area (Å²) in [5.74, 6) is 0.0464. The zero-order valence-corrected chi connectivity index (χ0v) is 18.6. The van der Waals surface area contributed by atoms with Crippen molar-refractivity contribution in [3.05, 3.63) is 45.3 Å². The van der Waals surface area contributed by atoms with Crippen LogP contribution in [-0.4, -0.2) is 41.9 Å². The summed E-state index contributed by atoms with van der Waals surface area (Å²) in [5, 5.41) is 12.5. The third-order valence-corrected chi connectivity index (χ3v) is 6.77. The van der Waals surface area contributed by atoms with Crippen molar-refractivity contribution in [1.29, 1.82) is 0 Å². The zero-order valence-electron chi connectivity index (χ0n) is 15.4. The van der Waals surface area contributed by atoms with E-state index in [9.17, 15) is 17.4 Å². The maximum absolute atomic E-state index is 13.1. The fraction of sp³-hybridized carbons (Fsp3) is 0.125. The van der Waals surface area contributed by atoms with Crippen molar-refractivity contribution >= 4 is 57.8 Å². The van der Waals surface area contributed by atoms with Crippen LogP contribution in [0.15, 0.2) is 34.5 Å². The van der Waals surface area contributed by atoms with Crippen molar-refractivity contribution < 1.29 is 17.4 Å².